The number of aliphatic hydroxyl groups is 2. The van der Waals surface area contributed by atoms with E-state index in [2.05, 4.69) is 0 Å². The van der Waals surface area contributed by atoms with E-state index in [0.29, 0.717) is 0 Å². The maximum atomic E-state index is 10.4. The molecule has 0 saturated carbocycles. The molecule has 1 amide bonds. The molecule has 0 heterocycles. The molecule has 0 aromatic rings. The highest BCUT2D eigenvalue weighted by Crippen LogP contribution is 1.91. The Morgan fingerprint density at radius 2 is 1.69 bits per heavy atom. The monoisotopic (exact) mass is 194 g/mol. The number of hydrogen-bond acceptors (Lipinski definition) is 6. The molecule has 78 valence electrons. The molecule has 7 heteroatoms. The molecule has 0 unspecified atom stereocenters. The summed E-state index contributed by atoms with van der Waals surface area (Å²) >= 11 is 0. The van der Waals surface area contributed by atoms with Crippen molar-refractivity contribution in [1.82, 2.24) is 5.23 Å². The quantitative estimate of drug-likeness (QED) is 0.373. The van der Waals surface area contributed by atoms with Crippen LogP contribution in [-0.4, -0.2) is 54.3 Å². The Bertz CT molecular complexity index is 135. The van der Waals surface area contributed by atoms with Gasteiger partial charge in [0.05, 0.1) is 26.4 Å². The fraction of sp³-hybridized carbons (Fsp3) is 0.833. The van der Waals surface area contributed by atoms with E-state index in [0.717, 1.165) is 5.23 Å². The molecule has 0 bridgehead atoms. The molecule has 0 saturated heterocycles. The van der Waals surface area contributed by atoms with Crippen molar-refractivity contribution in [2.24, 2.45) is 5.73 Å². The second-order valence-corrected chi connectivity index (χ2v) is 2.07. The van der Waals surface area contributed by atoms with E-state index in [4.69, 9.17) is 25.6 Å². The van der Waals surface area contributed by atoms with Gasteiger partial charge >= 0.3 is 0 Å². The second-order valence-electron chi connectivity index (χ2n) is 2.07. The molecule has 0 spiro atoms. The van der Waals surface area contributed by atoms with Gasteiger partial charge in [0.25, 0.3) is 0 Å². The van der Waals surface area contributed by atoms with E-state index in [-0.39, 0.29) is 33.0 Å². The van der Waals surface area contributed by atoms with Gasteiger partial charge in [0, 0.05) is 0 Å². The molecule has 0 rings (SSSR count). The number of carbonyl (C=O) groups excluding carboxylic acids is 1. The second kappa shape index (κ2) is 7.90. The van der Waals surface area contributed by atoms with Gasteiger partial charge in [0.2, 0.25) is 5.91 Å². The fourth-order valence-corrected chi connectivity index (χ4v) is 0.541. The first kappa shape index (κ1) is 12.3. The third kappa shape index (κ3) is 7.62. The van der Waals surface area contributed by atoms with Crippen molar-refractivity contribution >= 4 is 5.91 Å². The lowest BCUT2D eigenvalue weighted by Gasteiger charge is -2.18. The van der Waals surface area contributed by atoms with Crippen LogP contribution < -0.4 is 5.73 Å². The maximum Gasteiger partial charge on any atom is 0.236 e. The smallest absolute Gasteiger partial charge is 0.236 e. The van der Waals surface area contributed by atoms with Crippen LogP contribution in [0.4, 0.5) is 0 Å². The summed E-state index contributed by atoms with van der Waals surface area (Å²) in [6.07, 6.45) is 0. The van der Waals surface area contributed by atoms with Crippen LogP contribution in [0.3, 0.4) is 0 Å². The number of nitrogens with zero attached hydrogens (tertiary/aromatic N) is 1. The van der Waals surface area contributed by atoms with Crippen LogP contribution in [0.1, 0.15) is 0 Å². The van der Waals surface area contributed by atoms with Gasteiger partial charge in [-0.15, -0.1) is 0 Å². The van der Waals surface area contributed by atoms with Crippen LogP contribution >= 0.6 is 0 Å². The highest BCUT2D eigenvalue weighted by molar-refractivity contribution is 5.75. The zero-order valence-corrected chi connectivity index (χ0v) is 7.18. The molecule has 0 radical (unpaired) electrons. The largest absolute Gasteiger partial charge is 0.394 e. The number of hydrogen-bond donors (Lipinski definition) is 3. The number of primary amides is 1. The van der Waals surface area contributed by atoms with E-state index < -0.39 is 5.91 Å². The maximum absolute atomic E-state index is 10.4. The van der Waals surface area contributed by atoms with Gasteiger partial charge in [-0.2, -0.15) is 0 Å². The first-order valence-corrected chi connectivity index (χ1v) is 3.74. The number of rotatable bonds is 8. The van der Waals surface area contributed by atoms with Crippen LogP contribution in [-0.2, 0) is 14.5 Å². The van der Waals surface area contributed by atoms with E-state index in [1.54, 1.807) is 0 Å². The van der Waals surface area contributed by atoms with Crippen LogP contribution in [0, 0.1) is 0 Å². The molecule has 0 aliphatic rings. The Kier molecular flexibility index (Phi) is 7.45. The Balaban J connectivity index is 3.66. The molecule has 0 aromatic heterocycles. The topological polar surface area (TPSA) is 105 Å². The van der Waals surface area contributed by atoms with Crippen molar-refractivity contribution in [3.63, 3.8) is 0 Å². The predicted molar refractivity (Wildman–Crippen MR) is 42.0 cm³/mol. The number of carbonyl (C=O) groups is 1. The highest BCUT2D eigenvalue weighted by atomic mass is 16.9. The third-order valence-electron chi connectivity index (χ3n) is 0.938. The minimum atomic E-state index is -0.629. The third-order valence-corrected chi connectivity index (χ3v) is 0.938. The van der Waals surface area contributed by atoms with Gasteiger partial charge < -0.3 is 15.9 Å². The van der Waals surface area contributed by atoms with Crippen molar-refractivity contribution in [2.45, 2.75) is 0 Å². The Morgan fingerprint density at radius 3 is 2.00 bits per heavy atom. The van der Waals surface area contributed by atoms with E-state index in [1.165, 1.54) is 0 Å². The molecule has 0 atom stereocenters. The highest BCUT2D eigenvalue weighted by Gasteiger charge is 2.08. The average molecular weight is 194 g/mol. The summed E-state index contributed by atoms with van der Waals surface area (Å²) in [5.74, 6) is -0.629. The number of nitrogens with two attached hydrogens (primary N) is 1. The molecule has 4 N–H and O–H groups in total. The molecule has 0 aliphatic heterocycles. The molecule has 0 fully saturated rings. The summed E-state index contributed by atoms with van der Waals surface area (Å²) in [7, 11) is 0. The van der Waals surface area contributed by atoms with Gasteiger partial charge in [0.1, 0.15) is 6.54 Å². The van der Waals surface area contributed by atoms with Gasteiger partial charge in [-0.05, 0) is 0 Å². The predicted octanol–water partition coefficient (Wildman–Crippen LogP) is -2.38. The molecular formula is C6H14N2O5. The summed E-state index contributed by atoms with van der Waals surface area (Å²) in [5.41, 5.74) is 4.87. The molecular weight excluding hydrogens is 180 g/mol. The zero-order valence-electron chi connectivity index (χ0n) is 7.18. The average Bonchev–Trinajstić information content (AvgIpc) is 2.09. The number of amides is 1. The minimum absolute atomic E-state index is 0.00128. The van der Waals surface area contributed by atoms with Crippen molar-refractivity contribution in [1.29, 1.82) is 0 Å². The molecule has 7 nitrogen and oxygen atoms in total. The summed E-state index contributed by atoms with van der Waals surface area (Å²) in [6, 6.07) is 0. The zero-order chi connectivity index (χ0) is 10.1. The van der Waals surface area contributed by atoms with Gasteiger partial charge in [-0.1, -0.05) is 5.23 Å². The first-order valence-electron chi connectivity index (χ1n) is 3.74. The van der Waals surface area contributed by atoms with Crippen LogP contribution in [0.2, 0.25) is 0 Å². The van der Waals surface area contributed by atoms with E-state index in [9.17, 15) is 4.79 Å². The summed E-state index contributed by atoms with van der Waals surface area (Å²) in [6.45, 7) is -0.646. The lowest BCUT2D eigenvalue weighted by atomic mass is 10.6. The standard InChI is InChI=1S/C6H14N2O5/c7-6(11)5-8(12-3-1-9)13-4-2-10/h9-10H,1-5H2,(H2,7,11). The van der Waals surface area contributed by atoms with Crippen molar-refractivity contribution < 1.29 is 24.7 Å². The van der Waals surface area contributed by atoms with E-state index in [1.807, 2.05) is 0 Å². The number of aliphatic hydroxyl groups excluding tert-OH is 2. The van der Waals surface area contributed by atoms with Crippen LogP contribution in [0.15, 0.2) is 0 Å². The summed E-state index contributed by atoms with van der Waals surface area (Å²) in [4.78, 5) is 19.9. The van der Waals surface area contributed by atoms with Gasteiger partial charge in [-0.3, -0.25) is 14.5 Å². The van der Waals surface area contributed by atoms with E-state index >= 15 is 0 Å². The van der Waals surface area contributed by atoms with Gasteiger partial charge in [0.15, 0.2) is 0 Å². The van der Waals surface area contributed by atoms with Crippen molar-refractivity contribution in [3.8, 4) is 0 Å². The minimum Gasteiger partial charge on any atom is -0.394 e. The van der Waals surface area contributed by atoms with Crippen molar-refractivity contribution in [2.75, 3.05) is 33.0 Å². The summed E-state index contributed by atoms with van der Waals surface area (Å²) in [5, 5.41) is 17.6. The number of hydroxylamine groups is 2. The molecule has 0 aliphatic carbocycles. The SMILES string of the molecule is NC(=O)CN(OCCO)OCCO. The Hall–Kier alpha value is -0.730. The lowest BCUT2D eigenvalue weighted by molar-refractivity contribution is -0.366. The fourth-order valence-electron chi connectivity index (χ4n) is 0.541. The lowest BCUT2D eigenvalue weighted by Crippen LogP contribution is -2.35. The van der Waals surface area contributed by atoms with Crippen molar-refractivity contribution in [3.05, 3.63) is 0 Å². The van der Waals surface area contributed by atoms with Crippen LogP contribution in [0.5, 0.6) is 0 Å². The van der Waals surface area contributed by atoms with Gasteiger partial charge in [-0.25, -0.2) is 0 Å². The molecule has 0 aromatic carbocycles. The Morgan fingerprint density at radius 1 is 1.23 bits per heavy atom. The first-order chi connectivity index (χ1) is 6.20. The normalized spacial score (nSPS) is 10.7. The molecule has 13 heavy (non-hydrogen) atoms. The Labute approximate surface area is 75.5 Å². The summed E-state index contributed by atoms with van der Waals surface area (Å²) < 4.78 is 0. The van der Waals surface area contributed by atoms with Crippen LogP contribution in [0.25, 0.3) is 0 Å².